The minimum atomic E-state index is -0.347. The molecule has 4 nitrogen and oxygen atoms in total. The van der Waals surface area contributed by atoms with E-state index in [2.05, 4.69) is 23.7 Å². The zero-order valence-electron chi connectivity index (χ0n) is 12.6. The highest BCUT2D eigenvalue weighted by atomic mass is 32.1. The smallest absolute Gasteiger partial charge is 0.231 e. The fourth-order valence-corrected chi connectivity index (χ4v) is 3.82. The number of nitrogens with zero attached hydrogens (tertiary/aromatic N) is 1. The third-order valence-electron chi connectivity index (χ3n) is 4.13. The molecule has 0 unspecified atom stereocenters. The molecule has 20 heavy (non-hydrogen) atoms. The molecule has 0 saturated carbocycles. The van der Waals surface area contributed by atoms with Crippen molar-refractivity contribution >= 4 is 17.2 Å². The summed E-state index contributed by atoms with van der Waals surface area (Å²) in [4.78, 5) is 16.0. The number of hydrogen-bond acceptors (Lipinski definition) is 4. The Bertz CT molecular complexity index is 447. The minimum absolute atomic E-state index is 0.216. The maximum atomic E-state index is 12.9. The number of nitrogens with one attached hydrogen (secondary N) is 1. The number of rotatable bonds is 5. The molecule has 5 heteroatoms. The lowest BCUT2D eigenvalue weighted by molar-refractivity contribution is -0.146. The van der Waals surface area contributed by atoms with Crippen LogP contribution in [0.2, 0.25) is 0 Å². The molecule has 0 bridgehead atoms. The van der Waals surface area contributed by atoms with E-state index in [1.54, 1.807) is 18.4 Å². The minimum Gasteiger partial charge on any atom is -0.384 e. The van der Waals surface area contributed by atoms with Gasteiger partial charge < -0.3 is 15.0 Å². The van der Waals surface area contributed by atoms with Crippen LogP contribution in [0.4, 0.5) is 0 Å². The Hall–Kier alpha value is -0.910. The molecule has 2 rings (SSSR count). The predicted octanol–water partition coefficient (Wildman–Crippen LogP) is 2.03. The van der Waals surface area contributed by atoms with Crippen LogP contribution in [0, 0.1) is 12.3 Å². The third-order valence-corrected chi connectivity index (χ3v) is 5.14. The number of thiophene rings is 1. The molecule has 1 fully saturated rings. The van der Waals surface area contributed by atoms with Gasteiger partial charge in [0, 0.05) is 19.0 Å². The SMILES string of the molecule is COCC1(C(=O)N(C)Cc2sccc2C)CCNCC1. The van der Waals surface area contributed by atoms with E-state index >= 15 is 0 Å². The van der Waals surface area contributed by atoms with Crippen LogP contribution in [0.1, 0.15) is 23.3 Å². The molecule has 0 atom stereocenters. The molecule has 1 aromatic rings. The first kappa shape index (κ1) is 15.5. The summed E-state index contributed by atoms with van der Waals surface area (Å²) in [7, 11) is 3.58. The van der Waals surface area contributed by atoms with E-state index in [1.807, 2.05) is 11.9 Å². The van der Waals surface area contributed by atoms with Crippen molar-refractivity contribution in [3.8, 4) is 0 Å². The van der Waals surface area contributed by atoms with E-state index in [0.29, 0.717) is 13.2 Å². The Labute approximate surface area is 125 Å². The summed E-state index contributed by atoms with van der Waals surface area (Å²) in [6.45, 7) is 5.09. The summed E-state index contributed by atoms with van der Waals surface area (Å²) >= 11 is 1.72. The first-order valence-electron chi connectivity index (χ1n) is 7.07. The second-order valence-electron chi connectivity index (χ2n) is 5.65. The van der Waals surface area contributed by atoms with Gasteiger partial charge in [-0.2, -0.15) is 0 Å². The van der Waals surface area contributed by atoms with E-state index in [0.717, 1.165) is 25.9 Å². The summed E-state index contributed by atoms with van der Waals surface area (Å²) in [6, 6.07) is 2.10. The molecule has 112 valence electrons. The van der Waals surface area contributed by atoms with Crippen molar-refractivity contribution in [2.75, 3.05) is 33.9 Å². The van der Waals surface area contributed by atoms with Crippen molar-refractivity contribution in [2.24, 2.45) is 5.41 Å². The summed E-state index contributed by atoms with van der Waals surface area (Å²) < 4.78 is 5.34. The molecule has 1 amide bonds. The van der Waals surface area contributed by atoms with Gasteiger partial charge in [-0.1, -0.05) is 0 Å². The Balaban J connectivity index is 2.08. The van der Waals surface area contributed by atoms with Gasteiger partial charge in [0.1, 0.15) is 0 Å². The second kappa shape index (κ2) is 6.70. The number of piperidine rings is 1. The largest absolute Gasteiger partial charge is 0.384 e. The third kappa shape index (κ3) is 3.22. The van der Waals surface area contributed by atoms with Gasteiger partial charge >= 0.3 is 0 Å². The average Bonchev–Trinajstić information content (AvgIpc) is 2.85. The molecule has 1 N–H and O–H groups in total. The van der Waals surface area contributed by atoms with Crippen molar-refractivity contribution in [3.63, 3.8) is 0 Å². The Morgan fingerprint density at radius 3 is 2.75 bits per heavy atom. The molecule has 1 aliphatic heterocycles. The highest BCUT2D eigenvalue weighted by molar-refractivity contribution is 7.10. The van der Waals surface area contributed by atoms with Crippen molar-refractivity contribution in [2.45, 2.75) is 26.3 Å². The van der Waals surface area contributed by atoms with Crippen molar-refractivity contribution < 1.29 is 9.53 Å². The van der Waals surface area contributed by atoms with Crippen molar-refractivity contribution in [1.82, 2.24) is 10.2 Å². The van der Waals surface area contributed by atoms with Crippen LogP contribution in [0.15, 0.2) is 11.4 Å². The maximum Gasteiger partial charge on any atom is 0.231 e. The molecule has 0 radical (unpaired) electrons. The summed E-state index contributed by atoms with van der Waals surface area (Å²) in [5, 5.41) is 5.40. The topological polar surface area (TPSA) is 41.6 Å². The zero-order valence-corrected chi connectivity index (χ0v) is 13.4. The van der Waals surface area contributed by atoms with E-state index in [4.69, 9.17) is 4.74 Å². The first-order chi connectivity index (χ1) is 9.59. The molecular weight excluding hydrogens is 272 g/mol. The maximum absolute atomic E-state index is 12.9. The normalized spacial score (nSPS) is 17.9. The highest BCUT2D eigenvalue weighted by Gasteiger charge is 2.41. The Morgan fingerprint density at radius 1 is 1.50 bits per heavy atom. The van der Waals surface area contributed by atoms with Gasteiger partial charge in [-0.25, -0.2) is 0 Å². The standard InChI is InChI=1S/C15H24N2O2S/c1-12-4-9-20-13(12)10-17(2)14(18)15(11-19-3)5-7-16-8-6-15/h4,9,16H,5-8,10-11H2,1-3H3. The Morgan fingerprint density at radius 2 is 2.20 bits per heavy atom. The molecule has 1 saturated heterocycles. The van der Waals surface area contributed by atoms with Gasteiger partial charge in [-0.3, -0.25) is 4.79 Å². The van der Waals surface area contributed by atoms with Crippen LogP contribution < -0.4 is 5.32 Å². The highest BCUT2D eigenvalue weighted by Crippen LogP contribution is 2.32. The monoisotopic (exact) mass is 296 g/mol. The number of hydrogen-bond donors (Lipinski definition) is 1. The summed E-state index contributed by atoms with van der Waals surface area (Å²) in [5.41, 5.74) is 0.917. The van der Waals surface area contributed by atoms with Crippen LogP contribution in [0.3, 0.4) is 0 Å². The first-order valence-corrected chi connectivity index (χ1v) is 7.95. The number of methoxy groups -OCH3 is 1. The molecule has 0 aliphatic carbocycles. The van der Waals surface area contributed by atoms with Crippen molar-refractivity contribution in [3.05, 3.63) is 21.9 Å². The fourth-order valence-electron chi connectivity index (χ4n) is 2.86. The van der Waals surface area contributed by atoms with Crippen LogP contribution in [-0.4, -0.2) is 44.7 Å². The predicted molar refractivity (Wildman–Crippen MR) is 81.9 cm³/mol. The van der Waals surface area contributed by atoms with Gasteiger partial charge in [0.25, 0.3) is 0 Å². The van der Waals surface area contributed by atoms with Crippen LogP contribution in [0.25, 0.3) is 0 Å². The van der Waals surface area contributed by atoms with E-state index in [-0.39, 0.29) is 11.3 Å². The van der Waals surface area contributed by atoms with Crippen LogP contribution in [-0.2, 0) is 16.1 Å². The van der Waals surface area contributed by atoms with Gasteiger partial charge in [0.15, 0.2) is 0 Å². The number of amides is 1. The lowest BCUT2D eigenvalue weighted by atomic mass is 9.78. The molecule has 1 aromatic heterocycles. The van der Waals surface area contributed by atoms with Crippen LogP contribution >= 0.6 is 11.3 Å². The van der Waals surface area contributed by atoms with Crippen molar-refractivity contribution in [1.29, 1.82) is 0 Å². The molecule has 0 spiro atoms. The Kier molecular flexibility index (Phi) is 5.18. The lowest BCUT2D eigenvalue weighted by Gasteiger charge is -2.38. The van der Waals surface area contributed by atoms with E-state index in [9.17, 15) is 4.79 Å². The van der Waals surface area contributed by atoms with Gasteiger partial charge in [-0.05, 0) is 49.9 Å². The second-order valence-corrected chi connectivity index (χ2v) is 6.65. The zero-order chi connectivity index (χ0) is 14.6. The molecule has 0 aromatic carbocycles. The van der Waals surface area contributed by atoms with Gasteiger partial charge in [0.2, 0.25) is 5.91 Å². The van der Waals surface area contributed by atoms with Crippen LogP contribution in [0.5, 0.6) is 0 Å². The number of carbonyl (C=O) groups is 1. The summed E-state index contributed by atoms with van der Waals surface area (Å²) in [6.07, 6.45) is 1.71. The fraction of sp³-hybridized carbons (Fsp3) is 0.667. The summed E-state index contributed by atoms with van der Waals surface area (Å²) in [5.74, 6) is 0.216. The molecule has 2 heterocycles. The lowest BCUT2D eigenvalue weighted by Crippen LogP contribution is -2.50. The number of ether oxygens (including phenoxy) is 1. The van der Waals surface area contributed by atoms with Gasteiger partial charge in [0.05, 0.1) is 18.6 Å². The molecular formula is C15H24N2O2S. The van der Waals surface area contributed by atoms with E-state index in [1.165, 1.54) is 10.4 Å². The molecule has 1 aliphatic rings. The number of aryl methyl sites for hydroxylation is 1. The number of carbonyl (C=O) groups excluding carboxylic acids is 1. The van der Waals surface area contributed by atoms with E-state index < -0.39 is 0 Å². The van der Waals surface area contributed by atoms with Gasteiger partial charge in [-0.15, -0.1) is 11.3 Å². The quantitative estimate of drug-likeness (QED) is 0.904. The average molecular weight is 296 g/mol.